The Kier molecular flexibility index (Phi) is 5.44. The molecule has 0 aliphatic carbocycles. The van der Waals surface area contributed by atoms with Gasteiger partial charge in [0, 0.05) is 43.8 Å². The van der Waals surface area contributed by atoms with Gasteiger partial charge in [0.2, 0.25) is 0 Å². The molecule has 3 rings (SSSR count). The largest absolute Gasteiger partial charge is 0.480 e. The van der Waals surface area contributed by atoms with Gasteiger partial charge in [-0.2, -0.15) is 0 Å². The van der Waals surface area contributed by atoms with Crippen LogP contribution in [0, 0.1) is 0 Å². The second kappa shape index (κ2) is 7.74. The summed E-state index contributed by atoms with van der Waals surface area (Å²) < 4.78 is 5.12. The molecule has 1 aliphatic rings. The van der Waals surface area contributed by atoms with Gasteiger partial charge in [-0.3, -0.25) is 14.6 Å². The van der Waals surface area contributed by atoms with Crippen LogP contribution in [-0.4, -0.2) is 59.1 Å². The minimum Gasteiger partial charge on any atom is -0.480 e. The predicted octanol–water partition coefficient (Wildman–Crippen LogP) is 2.10. The summed E-state index contributed by atoms with van der Waals surface area (Å²) in [6.07, 6.45) is 1.85. The number of hydrogen-bond donors (Lipinski definition) is 1. The second-order valence-corrected chi connectivity index (χ2v) is 6.84. The van der Waals surface area contributed by atoms with E-state index >= 15 is 0 Å². The monoisotopic (exact) mass is 347 g/mol. The van der Waals surface area contributed by atoms with E-state index in [1.807, 2.05) is 41.4 Å². The Morgan fingerprint density at radius 3 is 2.58 bits per heavy atom. The molecule has 1 aromatic carbocycles. The number of aromatic nitrogens is 1. The highest BCUT2D eigenvalue weighted by Crippen LogP contribution is 2.25. The number of methoxy groups -OCH3 is 1. The summed E-state index contributed by atoms with van der Waals surface area (Å²) in [5, 5.41) is 10.3. The van der Waals surface area contributed by atoms with E-state index in [0.717, 1.165) is 43.2 Å². The third kappa shape index (κ3) is 3.92. The van der Waals surface area contributed by atoms with Gasteiger partial charge in [-0.15, -0.1) is 0 Å². The smallest absolute Gasteiger partial charge is 0.325 e. The first-order valence-corrected chi connectivity index (χ1v) is 8.72. The Morgan fingerprint density at radius 1 is 1.29 bits per heavy atom. The zero-order chi connectivity index (χ0) is 16.9. The summed E-state index contributed by atoms with van der Waals surface area (Å²) in [6, 6.07) is 8.88. The molecule has 2 aromatic rings. The number of rotatable bonds is 6. The van der Waals surface area contributed by atoms with Gasteiger partial charge < -0.3 is 9.84 Å². The van der Waals surface area contributed by atoms with Crippen molar-refractivity contribution in [3.8, 4) is 5.19 Å². The second-order valence-electron chi connectivity index (χ2n) is 5.76. The molecule has 128 valence electrons. The molecule has 1 saturated heterocycles. The fourth-order valence-corrected chi connectivity index (χ4v) is 3.77. The first-order valence-electron chi connectivity index (χ1n) is 7.90. The molecule has 0 amide bonds. The number of ether oxygens (including phenoxy) is 1. The van der Waals surface area contributed by atoms with Gasteiger partial charge in [-0.05, 0) is 5.56 Å². The van der Waals surface area contributed by atoms with Gasteiger partial charge in [-0.25, -0.2) is 4.98 Å². The average molecular weight is 347 g/mol. The van der Waals surface area contributed by atoms with E-state index in [1.54, 1.807) is 18.4 Å². The van der Waals surface area contributed by atoms with Gasteiger partial charge in [0.05, 0.1) is 7.11 Å². The Bertz CT molecular complexity index is 669. The van der Waals surface area contributed by atoms with Gasteiger partial charge in [0.15, 0.2) is 0 Å². The van der Waals surface area contributed by atoms with E-state index in [0.29, 0.717) is 5.19 Å². The van der Waals surface area contributed by atoms with E-state index < -0.39 is 12.0 Å². The molecule has 0 bridgehead atoms. The van der Waals surface area contributed by atoms with Crippen molar-refractivity contribution in [3.05, 3.63) is 47.0 Å². The lowest BCUT2D eigenvalue weighted by atomic mass is 10.0. The fraction of sp³-hybridized carbons (Fsp3) is 0.412. The standard InChI is InChI=1S/C17H21N3O3S/c1-23-17-18-11-14(24-17)12-19-7-9-20(10-8-19)15(16(21)22)13-5-3-2-4-6-13/h2-6,11,15H,7-10,12H2,1H3,(H,21,22). The van der Waals surface area contributed by atoms with Crippen LogP contribution in [0.25, 0.3) is 0 Å². The fourth-order valence-electron chi connectivity index (χ4n) is 3.00. The van der Waals surface area contributed by atoms with Crippen molar-refractivity contribution in [2.75, 3.05) is 33.3 Å². The summed E-state index contributed by atoms with van der Waals surface area (Å²) in [5.41, 5.74) is 0.839. The number of nitrogens with zero attached hydrogens (tertiary/aromatic N) is 3. The van der Waals surface area contributed by atoms with Crippen molar-refractivity contribution in [1.29, 1.82) is 0 Å². The van der Waals surface area contributed by atoms with Crippen molar-refractivity contribution in [2.24, 2.45) is 0 Å². The van der Waals surface area contributed by atoms with Crippen LogP contribution in [0.1, 0.15) is 16.5 Å². The quantitative estimate of drug-likeness (QED) is 0.863. The zero-order valence-electron chi connectivity index (χ0n) is 13.6. The third-order valence-corrected chi connectivity index (χ3v) is 5.15. The number of piperazine rings is 1. The molecule has 1 aromatic heterocycles. The van der Waals surface area contributed by atoms with E-state index in [4.69, 9.17) is 4.74 Å². The summed E-state index contributed by atoms with van der Waals surface area (Å²) in [5.74, 6) is -0.790. The maximum atomic E-state index is 11.7. The summed E-state index contributed by atoms with van der Waals surface area (Å²) >= 11 is 1.55. The minimum atomic E-state index is -0.790. The predicted molar refractivity (Wildman–Crippen MR) is 92.3 cm³/mol. The molecule has 24 heavy (non-hydrogen) atoms. The molecular formula is C17H21N3O3S. The van der Waals surface area contributed by atoms with E-state index in [2.05, 4.69) is 9.88 Å². The molecule has 6 nitrogen and oxygen atoms in total. The maximum Gasteiger partial charge on any atom is 0.325 e. The Labute approximate surface area is 145 Å². The molecule has 1 unspecified atom stereocenters. The molecule has 7 heteroatoms. The number of aliphatic carboxylic acids is 1. The molecule has 0 spiro atoms. The SMILES string of the molecule is COc1ncc(CN2CCN(C(C(=O)O)c3ccccc3)CC2)s1. The first kappa shape index (κ1) is 16.9. The lowest BCUT2D eigenvalue weighted by Crippen LogP contribution is -2.48. The Hall–Kier alpha value is -1.96. The van der Waals surface area contributed by atoms with Crippen LogP contribution in [0.3, 0.4) is 0 Å². The third-order valence-electron chi connectivity index (χ3n) is 4.21. The Balaban J connectivity index is 1.60. The van der Waals surface area contributed by atoms with Crippen molar-refractivity contribution < 1.29 is 14.6 Å². The van der Waals surface area contributed by atoms with Crippen molar-refractivity contribution >= 4 is 17.3 Å². The highest BCUT2D eigenvalue weighted by atomic mass is 32.1. The Morgan fingerprint density at radius 2 is 2.00 bits per heavy atom. The number of benzene rings is 1. The highest BCUT2D eigenvalue weighted by Gasteiger charge is 2.30. The zero-order valence-corrected chi connectivity index (χ0v) is 14.4. The van der Waals surface area contributed by atoms with Gasteiger partial charge in [0.1, 0.15) is 6.04 Å². The number of carbonyl (C=O) groups is 1. The van der Waals surface area contributed by atoms with E-state index in [1.165, 1.54) is 0 Å². The van der Waals surface area contributed by atoms with Crippen LogP contribution < -0.4 is 4.74 Å². The molecule has 0 radical (unpaired) electrons. The first-order chi connectivity index (χ1) is 11.7. The van der Waals surface area contributed by atoms with Crippen LogP contribution in [0.5, 0.6) is 5.19 Å². The summed E-state index contributed by atoms with van der Waals surface area (Å²) in [4.78, 5) is 21.5. The van der Waals surface area contributed by atoms with Crippen LogP contribution >= 0.6 is 11.3 Å². The van der Waals surface area contributed by atoms with E-state index in [9.17, 15) is 9.90 Å². The molecule has 0 saturated carbocycles. The molecule has 1 aliphatic heterocycles. The number of hydrogen-bond acceptors (Lipinski definition) is 6. The lowest BCUT2D eigenvalue weighted by Gasteiger charge is -2.37. The molecule has 1 fully saturated rings. The summed E-state index contributed by atoms with van der Waals surface area (Å²) in [6.45, 7) is 4.00. The minimum absolute atomic E-state index is 0.572. The molecular weight excluding hydrogens is 326 g/mol. The van der Waals surface area contributed by atoms with Crippen molar-refractivity contribution in [2.45, 2.75) is 12.6 Å². The lowest BCUT2D eigenvalue weighted by molar-refractivity contribution is -0.144. The maximum absolute atomic E-state index is 11.7. The topological polar surface area (TPSA) is 65.9 Å². The van der Waals surface area contributed by atoms with Crippen LogP contribution in [0.2, 0.25) is 0 Å². The molecule has 1 N–H and O–H groups in total. The van der Waals surface area contributed by atoms with Crippen molar-refractivity contribution in [3.63, 3.8) is 0 Å². The highest BCUT2D eigenvalue weighted by molar-refractivity contribution is 7.13. The number of carboxylic acid groups (broad SMARTS) is 1. The molecule has 1 atom stereocenters. The van der Waals surface area contributed by atoms with Crippen LogP contribution in [-0.2, 0) is 11.3 Å². The van der Waals surface area contributed by atoms with Gasteiger partial charge in [-0.1, -0.05) is 41.7 Å². The van der Waals surface area contributed by atoms with Gasteiger partial charge >= 0.3 is 5.97 Å². The van der Waals surface area contributed by atoms with Crippen LogP contribution in [0.4, 0.5) is 0 Å². The molecule has 2 heterocycles. The van der Waals surface area contributed by atoms with Crippen LogP contribution in [0.15, 0.2) is 36.5 Å². The number of carboxylic acids is 1. The summed E-state index contributed by atoms with van der Waals surface area (Å²) in [7, 11) is 1.62. The van der Waals surface area contributed by atoms with E-state index in [-0.39, 0.29) is 0 Å². The van der Waals surface area contributed by atoms with Crippen molar-refractivity contribution in [1.82, 2.24) is 14.8 Å². The normalized spacial score (nSPS) is 17.5. The number of thiazole rings is 1. The van der Waals surface area contributed by atoms with Gasteiger partial charge in [0.25, 0.3) is 5.19 Å². The average Bonchev–Trinajstić information content (AvgIpc) is 3.05.